The first kappa shape index (κ1) is 17.8. The summed E-state index contributed by atoms with van der Waals surface area (Å²) in [6, 6.07) is 3.84. The van der Waals surface area contributed by atoms with Crippen LogP contribution in [0, 0.1) is 0 Å². The minimum absolute atomic E-state index is 0.0292. The summed E-state index contributed by atoms with van der Waals surface area (Å²) < 4.78 is 11.7. The predicted octanol–water partition coefficient (Wildman–Crippen LogP) is 3.15. The van der Waals surface area contributed by atoms with E-state index in [-0.39, 0.29) is 6.54 Å². The standard InChI is InChI=1S/C15H22BrNO4/c1-4-6-17(10-14(18)19)9-11-7-12(16)15(20-3)13(8-11)21-5-2/h7-8H,4-6,9-10H2,1-3H3,(H,18,19). The summed E-state index contributed by atoms with van der Waals surface area (Å²) in [7, 11) is 1.59. The Morgan fingerprint density at radius 3 is 2.62 bits per heavy atom. The van der Waals surface area contributed by atoms with Crippen molar-refractivity contribution in [3.05, 3.63) is 22.2 Å². The zero-order valence-corrected chi connectivity index (χ0v) is 14.3. The lowest BCUT2D eigenvalue weighted by atomic mass is 10.2. The van der Waals surface area contributed by atoms with Crippen molar-refractivity contribution in [1.82, 2.24) is 4.90 Å². The molecule has 0 radical (unpaired) electrons. The van der Waals surface area contributed by atoms with Crippen LogP contribution in [0.2, 0.25) is 0 Å². The molecule has 0 bridgehead atoms. The second kappa shape index (κ2) is 8.89. The highest BCUT2D eigenvalue weighted by Crippen LogP contribution is 2.36. The van der Waals surface area contributed by atoms with Crippen molar-refractivity contribution in [2.45, 2.75) is 26.8 Å². The van der Waals surface area contributed by atoms with Crippen molar-refractivity contribution in [1.29, 1.82) is 0 Å². The second-order valence-electron chi connectivity index (χ2n) is 4.65. The third-order valence-corrected chi connectivity index (χ3v) is 3.47. The molecule has 0 aliphatic carbocycles. The molecule has 0 saturated heterocycles. The van der Waals surface area contributed by atoms with Gasteiger partial charge in [0.15, 0.2) is 11.5 Å². The molecule has 0 aromatic heterocycles. The number of hydrogen-bond acceptors (Lipinski definition) is 4. The zero-order valence-electron chi connectivity index (χ0n) is 12.7. The number of carboxylic acid groups (broad SMARTS) is 1. The van der Waals surface area contributed by atoms with Crippen molar-refractivity contribution < 1.29 is 19.4 Å². The van der Waals surface area contributed by atoms with Gasteiger partial charge in [-0.1, -0.05) is 6.92 Å². The molecular weight excluding hydrogens is 338 g/mol. The Morgan fingerprint density at radius 2 is 2.10 bits per heavy atom. The van der Waals surface area contributed by atoms with E-state index in [0.29, 0.717) is 24.7 Å². The topological polar surface area (TPSA) is 59.0 Å². The van der Waals surface area contributed by atoms with Gasteiger partial charge < -0.3 is 14.6 Å². The Bertz CT molecular complexity index is 479. The van der Waals surface area contributed by atoms with Crippen LogP contribution in [0.25, 0.3) is 0 Å². The van der Waals surface area contributed by atoms with E-state index in [9.17, 15) is 4.79 Å². The molecule has 6 heteroatoms. The molecule has 5 nitrogen and oxygen atoms in total. The van der Waals surface area contributed by atoms with E-state index in [0.717, 1.165) is 23.0 Å². The van der Waals surface area contributed by atoms with E-state index < -0.39 is 5.97 Å². The Labute approximate surface area is 134 Å². The Hall–Kier alpha value is -1.27. The number of halogens is 1. The highest BCUT2D eigenvalue weighted by molar-refractivity contribution is 9.10. The molecule has 0 heterocycles. The number of benzene rings is 1. The summed E-state index contributed by atoms with van der Waals surface area (Å²) in [5.41, 5.74) is 0.987. The fraction of sp³-hybridized carbons (Fsp3) is 0.533. The summed E-state index contributed by atoms with van der Waals surface area (Å²) in [6.45, 7) is 5.81. The molecule has 1 aromatic rings. The number of ether oxygens (including phenoxy) is 2. The molecule has 0 unspecified atom stereocenters. The van der Waals surface area contributed by atoms with Gasteiger partial charge in [-0.15, -0.1) is 0 Å². The van der Waals surface area contributed by atoms with Gasteiger partial charge >= 0.3 is 5.97 Å². The Morgan fingerprint density at radius 1 is 1.38 bits per heavy atom. The van der Waals surface area contributed by atoms with Crippen LogP contribution in [0.3, 0.4) is 0 Å². The van der Waals surface area contributed by atoms with Gasteiger partial charge in [0.1, 0.15) is 0 Å². The van der Waals surface area contributed by atoms with Gasteiger partial charge in [-0.25, -0.2) is 0 Å². The molecule has 1 aromatic carbocycles. The first-order chi connectivity index (χ1) is 10.0. The van der Waals surface area contributed by atoms with Crippen molar-refractivity contribution in [2.24, 2.45) is 0 Å². The van der Waals surface area contributed by atoms with Crippen LogP contribution in [0.15, 0.2) is 16.6 Å². The summed E-state index contributed by atoms with van der Waals surface area (Å²) in [6.07, 6.45) is 0.906. The quantitative estimate of drug-likeness (QED) is 0.733. The fourth-order valence-electron chi connectivity index (χ4n) is 2.15. The number of rotatable bonds is 9. The lowest BCUT2D eigenvalue weighted by Gasteiger charge is -2.21. The van der Waals surface area contributed by atoms with Crippen LogP contribution in [0.5, 0.6) is 11.5 Å². The van der Waals surface area contributed by atoms with Crippen LogP contribution < -0.4 is 9.47 Å². The molecule has 0 fully saturated rings. The molecule has 0 amide bonds. The largest absolute Gasteiger partial charge is 0.492 e. The maximum absolute atomic E-state index is 10.9. The maximum atomic E-state index is 10.9. The van der Waals surface area contributed by atoms with Crippen molar-refractivity contribution in [3.8, 4) is 11.5 Å². The van der Waals surface area contributed by atoms with E-state index in [1.807, 2.05) is 30.9 Å². The third-order valence-electron chi connectivity index (χ3n) is 2.88. The zero-order chi connectivity index (χ0) is 15.8. The number of methoxy groups -OCH3 is 1. The smallest absolute Gasteiger partial charge is 0.317 e. The van der Waals surface area contributed by atoms with E-state index in [2.05, 4.69) is 15.9 Å². The lowest BCUT2D eigenvalue weighted by Crippen LogP contribution is -2.30. The molecule has 0 atom stereocenters. The van der Waals surface area contributed by atoms with E-state index >= 15 is 0 Å². The van der Waals surface area contributed by atoms with Gasteiger partial charge in [0.2, 0.25) is 0 Å². The van der Waals surface area contributed by atoms with Crippen molar-refractivity contribution >= 4 is 21.9 Å². The maximum Gasteiger partial charge on any atom is 0.317 e. The van der Waals surface area contributed by atoms with Gasteiger partial charge in [0.05, 0.1) is 24.7 Å². The molecular formula is C15H22BrNO4. The first-order valence-electron chi connectivity index (χ1n) is 6.95. The van der Waals surface area contributed by atoms with E-state index in [4.69, 9.17) is 14.6 Å². The van der Waals surface area contributed by atoms with Gasteiger partial charge in [-0.3, -0.25) is 9.69 Å². The van der Waals surface area contributed by atoms with Crippen LogP contribution >= 0.6 is 15.9 Å². The van der Waals surface area contributed by atoms with Crippen LogP contribution in [-0.4, -0.2) is 42.8 Å². The molecule has 1 N–H and O–H groups in total. The number of carboxylic acids is 1. The summed E-state index contributed by atoms with van der Waals surface area (Å²) in [5, 5.41) is 8.97. The highest BCUT2D eigenvalue weighted by atomic mass is 79.9. The number of carbonyl (C=O) groups is 1. The SMILES string of the molecule is CCCN(CC(=O)O)Cc1cc(Br)c(OC)c(OCC)c1. The first-order valence-corrected chi connectivity index (χ1v) is 7.74. The minimum atomic E-state index is -0.818. The molecule has 21 heavy (non-hydrogen) atoms. The third kappa shape index (κ3) is 5.55. The molecule has 0 spiro atoms. The Kier molecular flexibility index (Phi) is 7.53. The van der Waals surface area contributed by atoms with Gasteiger partial charge in [-0.2, -0.15) is 0 Å². The van der Waals surface area contributed by atoms with Crippen molar-refractivity contribution in [3.63, 3.8) is 0 Å². The molecule has 0 aliphatic rings. The molecule has 118 valence electrons. The summed E-state index contributed by atoms with van der Waals surface area (Å²) >= 11 is 3.47. The normalized spacial score (nSPS) is 10.7. The van der Waals surface area contributed by atoms with Crippen LogP contribution in [0.4, 0.5) is 0 Å². The van der Waals surface area contributed by atoms with Gasteiger partial charge in [0, 0.05) is 6.54 Å². The highest BCUT2D eigenvalue weighted by Gasteiger charge is 2.14. The number of aliphatic carboxylic acids is 1. The Balaban J connectivity index is 2.97. The van der Waals surface area contributed by atoms with Crippen LogP contribution in [-0.2, 0) is 11.3 Å². The van der Waals surface area contributed by atoms with Gasteiger partial charge in [0.25, 0.3) is 0 Å². The monoisotopic (exact) mass is 359 g/mol. The molecule has 1 rings (SSSR count). The molecule has 0 saturated carbocycles. The average molecular weight is 360 g/mol. The summed E-state index contributed by atoms with van der Waals surface area (Å²) in [5.74, 6) is 0.498. The van der Waals surface area contributed by atoms with Crippen LogP contribution in [0.1, 0.15) is 25.8 Å². The van der Waals surface area contributed by atoms with E-state index in [1.165, 1.54) is 0 Å². The van der Waals surface area contributed by atoms with E-state index in [1.54, 1.807) is 7.11 Å². The number of hydrogen-bond donors (Lipinski definition) is 1. The average Bonchev–Trinajstić information content (AvgIpc) is 2.38. The lowest BCUT2D eigenvalue weighted by molar-refractivity contribution is -0.138. The number of nitrogens with zero attached hydrogens (tertiary/aromatic N) is 1. The minimum Gasteiger partial charge on any atom is -0.492 e. The fourth-order valence-corrected chi connectivity index (χ4v) is 2.80. The molecule has 0 aliphatic heterocycles. The second-order valence-corrected chi connectivity index (χ2v) is 5.50. The summed E-state index contributed by atoms with van der Waals surface area (Å²) in [4.78, 5) is 12.8. The van der Waals surface area contributed by atoms with Crippen molar-refractivity contribution in [2.75, 3.05) is 26.8 Å². The predicted molar refractivity (Wildman–Crippen MR) is 85.1 cm³/mol. The van der Waals surface area contributed by atoms with Gasteiger partial charge in [-0.05, 0) is 53.5 Å².